The zero-order valence-electron chi connectivity index (χ0n) is 17.7. The summed E-state index contributed by atoms with van der Waals surface area (Å²) < 4.78 is 26.9. The summed E-state index contributed by atoms with van der Waals surface area (Å²) in [4.78, 5) is 12.7. The maximum absolute atomic E-state index is 12.7. The van der Waals surface area contributed by atoms with Crippen LogP contribution in [0, 0.1) is 0 Å². The van der Waals surface area contributed by atoms with Crippen molar-refractivity contribution in [2.24, 2.45) is 0 Å². The Morgan fingerprint density at radius 3 is 2.42 bits per heavy atom. The Bertz CT molecular complexity index is 1170. The highest BCUT2D eigenvalue weighted by Crippen LogP contribution is 2.27. The minimum atomic E-state index is -3.59. The molecule has 1 unspecified atom stereocenters. The van der Waals surface area contributed by atoms with Crippen molar-refractivity contribution in [2.75, 3.05) is 11.4 Å². The smallest absolute Gasteiger partial charge is 0.273 e. The number of anilines is 1. The first-order chi connectivity index (χ1) is 14.9. The van der Waals surface area contributed by atoms with E-state index in [-0.39, 0.29) is 16.2 Å². The third-order valence-corrected chi connectivity index (χ3v) is 8.98. The molecule has 1 heterocycles. The predicted molar refractivity (Wildman–Crippen MR) is 125 cm³/mol. The Kier molecular flexibility index (Phi) is 6.16. The SMILES string of the molecule is CC(NC(=O)c1ccc(N(C)S(=O)(=O)c2cccs2)cc1)c1ccc2c(c1)CCCC2. The van der Waals surface area contributed by atoms with Gasteiger partial charge in [0, 0.05) is 12.6 Å². The van der Waals surface area contributed by atoms with Gasteiger partial charge in [-0.2, -0.15) is 0 Å². The molecule has 0 saturated carbocycles. The lowest BCUT2D eigenvalue weighted by molar-refractivity contribution is 0.0940. The van der Waals surface area contributed by atoms with Crippen LogP contribution in [0.15, 0.2) is 64.2 Å². The van der Waals surface area contributed by atoms with E-state index in [1.54, 1.807) is 41.8 Å². The van der Waals surface area contributed by atoms with Crippen LogP contribution in [0.4, 0.5) is 5.69 Å². The fraction of sp³-hybridized carbons (Fsp3) is 0.292. The minimum absolute atomic E-state index is 0.110. The Balaban J connectivity index is 1.45. The van der Waals surface area contributed by atoms with Crippen LogP contribution in [0.25, 0.3) is 0 Å². The van der Waals surface area contributed by atoms with Gasteiger partial charge in [0.2, 0.25) is 0 Å². The largest absolute Gasteiger partial charge is 0.346 e. The van der Waals surface area contributed by atoms with Gasteiger partial charge in [0.05, 0.1) is 11.7 Å². The first kappa shape index (κ1) is 21.6. The number of rotatable bonds is 6. The quantitative estimate of drug-likeness (QED) is 0.573. The molecule has 4 rings (SSSR count). The van der Waals surface area contributed by atoms with Crippen LogP contribution < -0.4 is 9.62 Å². The van der Waals surface area contributed by atoms with Crippen molar-refractivity contribution in [3.8, 4) is 0 Å². The van der Waals surface area contributed by atoms with Crippen molar-refractivity contribution >= 4 is 33.0 Å². The van der Waals surface area contributed by atoms with Crippen molar-refractivity contribution in [1.29, 1.82) is 0 Å². The van der Waals surface area contributed by atoms with Gasteiger partial charge in [0.15, 0.2) is 0 Å². The van der Waals surface area contributed by atoms with Gasteiger partial charge < -0.3 is 5.32 Å². The first-order valence-corrected chi connectivity index (χ1v) is 12.7. The summed E-state index contributed by atoms with van der Waals surface area (Å²) in [5, 5.41) is 4.79. The van der Waals surface area contributed by atoms with Crippen molar-refractivity contribution in [2.45, 2.75) is 42.9 Å². The number of carbonyl (C=O) groups excluding carboxylic acids is 1. The average Bonchev–Trinajstić information content (AvgIpc) is 3.34. The van der Waals surface area contributed by atoms with E-state index >= 15 is 0 Å². The van der Waals surface area contributed by atoms with Crippen LogP contribution in [0.5, 0.6) is 0 Å². The number of nitrogens with one attached hydrogen (secondary N) is 1. The average molecular weight is 455 g/mol. The molecule has 1 N–H and O–H groups in total. The molecule has 0 bridgehead atoms. The van der Waals surface area contributed by atoms with Crippen molar-refractivity contribution in [3.05, 3.63) is 82.2 Å². The lowest BCUT2D eigenvalue weighted by Crippen LogP contribution is -2.27. The zero-order valence-corrected chi connectivity index (χ0v) is 19.3. The highest BCUT2D eigenvalue weighted by molar-refractivity contribution is 7.94. The molecule has 0 radical (unpaired) electrons. The van der Waals surface area contributed by atoms with Crippen LogP contribution in [-0.2, 0) is 22.9 Å². The van der Waals surface area contributed by atoms with E-state index in [0.717, 1.165) is 18.4 Å². The molecule has 0 aliphatic heterocycles. The second-order valence-electron chi connectivity index (χ2n) is 7.88. The van der Waals surface area contributed by atoms with Gasteiger partial charge in [0.25, 0.3) is 15.9 Å². The summed E-state index contributed by atoms with van der Waals surface area (Å²) in [5.41, 5.74) is 4.92. The summed E-state index contributed by atoms with van der Waals surface area (Å²) in [7, 11) is -2.08. The number of carbonyl (C=O) groups is 1. The number of hydrogen-bond donors (Lipinski definition) is 1. The molecular weight excluding hydrogens is 428 g/mol. The molecule has 1 amide bonds. The van der Waals surface area contributed by atoms with Crippen LogP contribution in [0.2, 0.25) is 0 Å². The third-order valence-electron chi connectivity index (χ3n) is 5.82. The molecule has 162 valence electrons. The lowest BCUT2D eigenvalue weighted by Gasteiger charge is -2.20. The second kappa shape index (κ2) is 8.85. The van der Waals surface area contributed by atoms with Crippen molar-refractivity contribution < 1.29 is 13.2 Å². The fourth-order valence-corrected chi connectivity index (χ4v) is 6.25. The Hall–Kier alpha value is -2.64. The normalized spacial score (nSPS) is 14.5. The molecule has 1 aromatic heterocycles. The number of aryl methyl sites for hydroxylation is 2. The summed E-state index contributed by atoms with van der Waals surface area (Å²) in [6, 6.07) is 16.3. The van der Waals surface area contributed by atoms with Gasteiger partial charge in [-0.05, 0) is 85.0 Å². The molecule has 1 atom stereocenters. The fourth-order valence-electron chi connectivity index (χ4n) is 3.89. The number of nitrogens with zero attached hydrogens (tertiary/aromatic N) is 1. The molecule has 2 aromatic carbocycles. The number of fused-ring (bicyclic) bond motifs is 1. The first-order valence-electron chi connectivity index (χ1n) is 10.4. The molecular formula is C24H26N2O3S2. The molecule has 1 aliphatic rings. The van der Waals surface area contributed by atoms with E-state index in [1.807, 2.05) is 6.92 Å². The maximum Gasteiger partial charge on any atom is 0.273 e. The van der Waals surface area contributed by atoms with Gasteiger partial charge >= 0.3 is 0 Å². The van der Waals surface area contributed by atoms with Crippen LogP contribution in [0.3, 0.4) is 0 Å². The summed E-state index contributed by atoms with van der Waals surface area (Å²) >= 11 is 1.18. The number of benzene rings is 2. The zero-order chi connectivity index (χ0) is 22.0. The van der Waals surface area contributed by atoms with Gasteiger partial charge in [-0.1, -0.05) is 24.3 Å². The number of thiophene rings is 1. The Morgan fingerprint density at radius 1 is 1.03 bits per heavy atom. The predicted octanol–water partition coefficient (Wildman–Crippen LogP) is 4.94. The van der Waals surface area contributed by atoms with Gasteiger partial charge in [-0.15, -0.1) is 11.3 Å². The van der Waals surface area contributed by atoms with E-state index in [9.17, 15) is 13.2 Å². The van der Waals surface area contributed by atoms with Crippen LogP contribution in [-0.4, -0.2) is 21.4 Å². The third kappa shape index (κ3) is 4.52. The maximum atomic E-state index is 12.7. The van der Waals surface area contributed by atoms with Gasteiger partial charge in [0.1, 0.15) is 4.21 Å². The minimum Gasteiger partial charge on any atom is -0.346 e. The Labute approximate surface area is 187 Å². The van der Waals surface area contributed by atoms with Gasteiger partial charge in [-0.25, -0.2) is 8.42 Å². The summed E-state index contributed by atoms with van der Waals surface area (Å²) in [5.74, 6) is -0.180. The van der Waals surface area contributed by atoms with Crippen molar-refractivity contribution in [3.63, 3.8) is 0 Å². The van der Waals surface area contributed by atoms with E-state index in [2.05, 4.69) is 23.5 Å². The number of sulfonamides is 1. The Morgan fingerprint density at radius 2 is 1.74 bits per heavy atom. The summed E-state index contributed by atoms with van der Waals surface area (Å²) in [6.07, 6.45) is 4.71. The topological polar surface area (TPSA) is 66.5 Å². The van der Waals surface area contributed by atoms with Crippen LogP contribution in [0.1, 0.15) is 52.9 Å². The molecule has 3 aromatic rings. The molecule has 1 aliphatic carbocycles. The highest BCUT2D eigenvalue weighted by atomic mass is 32.2. The lowest BCUT2D eigenvalue weighted by atomic mass is 9.89. The molecule has 5 nitrogen and oxygen atoms in total. The van der Waals surface area contributed by atoms with Crippen molar-refractivity contribution in [1.82, 2.24) is 5.32 Å². The van der Waals surface area contributed by atoms with E-state index < -0.39 is 10.0 Å². The molecule has 31 heavy (non-hydrogen) atoms. The molecule has 0 fully saturated rings. The number of hydrogen-bond acceptors (Lipinski definition) is 4. The van der Waals surface area contributed by atoms with E-state index in [1.165, 1.54) is 46.7 Å². The molecule has 0 saturated heterocycles. The van der Waals surface area contributed by atoms with E-state index in [0.29, 0.717) is 11.3 Å². The standard InChI is InChI=1S/C24H26N2O3S2/c1-17(20-10-9-18-6-3-4-7-21(18)16-20)25-24(27)19-11-13-22(14-12-19)26(2)31(28,29)23-8-5-15-30-23/h5,8-17H,3-4,6-7H2,1-2H3,(H,25,27). The monoisotopic (exact) mass is 454 g/mol. The second-order valence-corrected chi connectivity index (χ2v) is 11.0. The van der Waals surface area contributed by atoms with Gasteiger partial charge in [-0.3, -0.25) is 9.10 Å². The highest BCUT2D eigenvalue weighted by Gasteiger charge is 2.22. The summed E-state index contributed by atoms with van der Waals surface area (Å²) in [6.45, 7) is 1.98. The van der Waals surface area contributed by atoms with Crippen LogP contribution >= 0.6 is 11.3 Å². The molecule has 7 heteroatoms. The van der Waals surface area contributed by atoms with E-state index in [4.69, 9.17) is 0 Å². The molecule has 0 spiro atoms. The number of amides is 1.